The fraction of sp³-hybridized carbons (Fsp3) is 0.471. The molecule has 1 aromatic carbocycles. The SMILES string of the molecule is C=CCC1(CC(C)(O)C(C)=O)CCc2ccccc2O1. The standard InChI is InChI=1S/C17H22O3/c1-4-10-17(12-16(3,19)13(2)18)11-9-14-7-5-6-8-15(14)20-17/h4-8,19H,1,9-12H2,2-3H3. The second-order valence-corrected chi connectivity index (χ2v) is 5.89. The van der Waals surface area contributed by atoms with Crippen molar-refractivity contribution in [2.24, 2.45) is 0 Å². The quantitative estimate of drug-likeness (QED) is 0.839. The van der Waals surface area contributed by atoms with E-state index in [9.17, 15) is 9.90 Å². The molecule has 3 heteroatoms. The van der Waals surface area contributed by atoms with Crippen LogP contribution in [0.4, 0.5) is 0 Å². The largest absolute Gasteiger partial charge is 0.487 e. The van der Waals surface area contributed by atoms with E-state index >= 15 is 0 Å². The number of para-hydroxylation sites is 1. The first-order valence-electron chi connectivity index (χ1n) is 7.00. The molecule has 1 aliphatic rings. The highest BCUT2D eigenvalue weighted by molar-refractivity contribution is 5.84. The lowest BCUT2D eigenvalue weighted by Gasteiger charge is -2.41. The van der Waals surface area contributed by atoms with Gasteiger partial charge in [-0.3, -0.25) is 4.79 Å². The predicted molar refractivity (Wildman–Crippen MR) is 78.9 cm³/mol. The van der Waals surface area contributed by atoms with Gasteiger partial charge in [-0.05, 0) is 38.3 Å². The fourth-order valence-electron chi connectivity index (χ4n) is 2.81. The summed E-state index contributed by atoms with van der Waals surface area (Å²) in [6, 6.07) is 7.92. The number of aliphatic hydroxyl groups is 1. The first-order chi connectivity index (χ1) is 9.38. The van der Waals surface area contributed by atoms with E-state index < -0.39 is 11.2 Å². The molecule has 0 saturated heterocycles. The van der Waals surface area contributed by atoms with Gasteiger partial charge >= 0.3 is 0 Å². The normalized spacial score (nSPS) is 24.1. The van der Waals surface area contributed by atoms with Crippen LogP contribution >= 0.6 is 0 Å². The van der Waals surface area contributed by atoms with Crippen molar-refractivity contribution in [1.29, 1.82) is 0 Å². The Labute approximate surface area is 120 Å². The molecule has 0 aliphatic carbocycles. The molecule has 2 atom stereocenters. The Bertz CT molecular complexity index is 519. The molecule has 1 aliphatic heterocycles. The Kier molecular flexibility index (Phi) is 4.00. The Hall–Kier alpha value is -1.61. The summed E-state index contributed by atoms with van der Waals surface area (Å²) in [6.07, 6.45) is 4.36. The van der Waals surface area contributed by atoms with Crippen molar-refractivity contribution in [3.8, 4) is 5.75 Å². The third-order valence-corrected chi connectivity index (χ3v) is 4.09. The first-order valence-corrected chi connectivity index (χ1v) is 7.00. The second-order valence-electron chi connectivity index (χ2n) is 5.89. The maximum absolute atomic E-state index is 11.6. The zero-order chi connectivity index (χ0) is 14.8. The molecule has 1 N–H and O–H groups in total. The maximum Gasteiger partial charge on any atom is 0.161 e. The summed E-state index contributed by atoms with van der Waals surface area (Å²) < 4.78 is 6.16. The number of carbonyl (C=O) groups excluding carboxylic acids is 1. The molecule has 1 heterocycles. The van der Waals surface area contributed by atoms with Crippen LogP contribution in [0.5, 0.6) is 5.75 Å². The van der Waals surface area contributed by atoms with Crippen molar-refractivity contribution in [3.63, 3.8) is 0 Å². The molecular weight excluding hydrogens is 252 g/mol. The van der Waals surface area contributed by atoms with Gasteiger partial charge in [0, 0.05) is 12.8 Å². The highest BCUT2D eigenvalue weighted by Crippen LogP contribution is 2.40. The lowest BCUT2D eigenvalue weighted by molar-refractivity contribution is -0.139. The zero-order valence-electron chi connectivity index (χ0n) is 12.2. The van der Waals surface area contributed by atoms with E-state index in [-0.39, 0.29) is 12.2 Å². The predicted octanol–water partition coefficient (Wildman–Crippen LogP) is 3.06. The minimum absolute atomic E-state index is 0.233. The van der Waals surface area contributed by atoms with E-state index in [4.69, 9.17) is 4.74 Å². The molecule has 2 rings (SSSR count). The molecule has 0 fully saturated rings. The lowest BCUT2D eigenvalue weighted by Crippen LogP contribution is -2.48. The number of aryl methyl sites for hydroxylation is 1. The number of Topliss-reactive ketones (excluding diaryl/α,β-unsaturated/α-hetero) is 1. The maximum atomic E-state index is 11.6. The lowest BCUT2D eigenvalue weighted by atomic mass is 9.78. The van der Waals surface area contributed by atoms with E-state index in [0.29, 0.717) is 6.42 Å². The van der Waals surface area contributed by atoms with Gasteiger partial charge in [-0.1, -0.05) is 24.3 Å². The van der Waals surface area contributed by atoms with Crippen molar-refractivity contribution in [1.82, 2.24) is 0 Å². The monoisotopic (exact) mass is 274 g/mol. The fourth-order valence-corrected chi connectivity index (χ4v) is 2.81. The topological polar surface area (TPSA) is 46.5 Å². The van der Waals surface area contributed by atoms with Crippen LogP contribution in [0.15, 0.2) is 36.9 Å². The number of fused-ring (bicyclic) bond motifs is 1. The summed E-state index contributed by atoms with van der Waals surface area (Å²) in [5.41, 5.74) is -0.740. The molecule has 0 saturated carbocycles. The van der Waals surface area contributed by atoms with Gasteiger partial charge in [-0.15, -0.1) is 6.58 Å². The van der Waals surface area contributed by atoms with Gasteiger partial charge in [0.15, 0.2) is 5.78 Å². The Morgan fingerprint density at radius 1 is 1.55 bits per heavy atom. The van der Waals surface area contributed by atoms with E-state index in [1.165, 1.54) is 12.5 Å². The number of carbonyl (C=O) groups is 1. The molecular formula is C17H22O3. The smallest absolute Gasteiger partial charge is 0.161 e. The molecule has 0 bridgehead atoms. The van der Waals surface area contributed by atoms with Crippen LogP contribution in [-0.2, 0) is 11.2 Å². The van der Waals surface area contributed by atoms with Gasteiger partial charge in [0.05, 0.1) is 0 Å². The Morgan fingerprint density at radius 3 is 2.90 bits per heavy atom. The van der Waals surface area contributed by atoms with Crippen molar-refractivity contribution in [2.45, 2.75) is 50.7 Å². The van der Waals surface area contributed by atoms with Crippen LogP contribution in [-0.4, -0.2) is 22.1 Å². The molecule has 0 amide bonds. The van der Waals surface area contributed by atoms with Crippen LogP contribution in [0.2, 0.25) is 0 Å². The third-order valence-electron chi connectivity index (χ3n) is 4.09. The number of rotatable bonds is 5. The highest BCUT2D eigenvalue weighted by Gasteiger charge is 2.43. The molecule has 2 unspecified atom stereocenters. The van der Waals surface area contributed by atoms with Gasteiger partial charge in [-0.25, -0.2) is 0 Å². The van der Waals surface area contributed by atoms with Crippen molar-refractivity contribution < 1.29 is 14.6 Å². The first kappa shape index (κ1) is 14.8. The summed E-state index contributed by atoms with van der Waals surface area (Å²) in [5.74, 6) is 0.614. The van der Waals surface area contributed by atoms with Crippen LogP contribution in [0.3, 0.4) is 0 Å². The molecule has 108 valence electrons. The van der Waals surface area contributed by atoms with Gasteiger partial charge in [0.1, 0.15) is 17.0 Å². The molecule has 20 heavy (non-hydrogen) atoms. The minimum atomic E-state index is -1.37. The Morgan fingerprint density at radius 2 is 2.25 bits per heavy atom. The molecule has 0 spiro atoms. The molecule has 0 radical (unpaired) electrons. The molecule has 1 aromatic rings. The zero-order valence-corrected chi connectivity index (χ0v) is 12.2. The third kappa shape index (κ3) is 2.93. The number of ketones is 1. The van der Waals surface area contributed by atoms with E-state index in [1.54, 1.807) is 13.0 Å². The average molecular weight is 274 g/mol. The van der Waals surface area contributed by atoms with E-state index in [0.717, 1.165) is 18.6 Å². The average Bonchev–Trinajstić information content (AvgIpc) is 2.38. The number of hydrogen-bond acceptors (Lipinski definition) is 3. The number of hydrogen-bond donors (Lipinski definition) is 1. The molecule has 3 nitrogen and oxygen atoms in total. The Balaban J connectivity index is 2.29. The van der Waals surface area contributed by atoms with E-state index in [1.807, 2.05) is 18.2 Å². The van der Waals surface area contributed by atoms with Crippen LogP contribution < -0.4 is 4.74 Å². The van der Waals surface area contributed by atoms with Crippen molar-refractivity contribution in [2.75, 3.05) is 0 Å². The van der Waals surface area contributed by atoms with Gasteiger partial charge < -0.3 is 9.84 Å². The summed E-state index contributed by atoms with van der Waals surface area (Å²) in [6.45, 7) is 6.76. The van der Waals surface area contributed by atoms with Crippen molar-refractivity contribution >= 4 is 5.78 Å². The summed E-state index contributed by atoms with van der Waals surface area (Å²) in [7, 11) is 0. The van der Waals surface area contributed by atoms with Gasteiger partial charge in [0.25, 0.3) is 0 Å². The van der Waals surface area contributed by atoms with E-state index in [2.05, 4.69) is 12.6 Å². The number of ether oxygens (including phenoxy) is 1. The molecule has 0 aromatic heterocycles. The second kappa shape index (κ2) is 5.41. The van der Waals surface area contributed by atoms with Crippen LogP contribution in [0.25, 0.3) is 0 Å². The van der Waals surface area contributed by atoms with Gasteiger partial charge in [-0.2, -0.15) is 0 Å². The van der Waals surface area contributed by atoms with Crippen LogP contribution in [0.1, 0.15) is 38.7 Å². The summed E-state index contributed by atoms with van der Waals surface area (Å²) >= 11 is 0. The summed E-state index contributed by atoms with van der Waals surface area (Å²) in [5, 5.41) is 10.3. The highest BCUT2D eigenvalue weighted by atomic mass is 16.5. The van der Waals surface area contributed by atoms with Crippen LogP contribution in [0, 0.1) is 0 Å². The minimum Gasteiger partial charge on any atom is -0.487 e. The number of benzene rings is 1. The summed E-state index contributed by atoms with van der Waals surface area (Å²) in [4.78, 5) is 11.6. The van der Waals surface area contributed by atoms with Crippen molar-refractivity contribution in [3.05, 3.63) is 42.5 Å². The van der Waals surface area contributed by atoms with Gasteiger partial charge in [0.2, 0.25) is 0 Å².